The van der Waals surface area contributed by atoms with E-state index in [2.05, 4.69) is 15.3 Å². The summed E-state index contributed by atoms with van der Waals surface area (Å²) in [4.78, 5) is 12.3. The number of hydrogen-bond donors (Lipinski definition) is 3. The first-order valence-corrected chi connectivity index (χ1v) is 5.50. The Morgan fingerprint density at radius 3 is 1.41 bits per heavy atom. The van der Waals surface area contributed by atoms with Crippen LogP contribution in [-0.2, 0) is 0 Å². The molecule has 7 nitrogen and oxygen atoms in total. The second kappa shape index (κ2) is 7.08. The minimum atomic E-state index is -0.0124. The summed E-state index contributed by atoms with van der Waals surface area (Å²) in [5, 5.41) is 2.75. The van der Waals surface area contributed by atoms with Crippen molar-refractivity contribution in [3.63, 3.8) is 0 Å². The van der Waals surface area contributed by atoms with Gasteiger partial charge < -0.3 is 11.5 Å². The smallest absolute Gasteiger partial charge is 0.197 e. The molecule has 100 valence electrons. The van der Waals surface area contributed by atoms with Gasteiger partial charge in [-0.25, -0.2) is 9.98 Å². The van der Waals surface area contributed by atoms with Crippen molar-refractivity contribution in [2.75, 3.05) is 28.2 Å². The highest BCUT2D eigenvalue weighted by atomic mass is 15.3. The first-order chi connectivity index (χ1) is 7.73. The molecular weight excluding hydrogens is 218 g/mol. The molecule has 0 radical (unpaired) electrons. The molecule has 7 heteroatoms. The maximum atomic E-state index is 5.70. The molecule has 5 N–H and O–H groups in total. The Morgan fingerprint density at radius 1 is 0.882 bits per heavy atom. The van der Waals surface area contributed by atoms with Crippen LogP contribution in [0.2, 0.25) is 0 Å². The summed E-state index contributed by atoms with van der Waals surface area (Å²) in [5.41, 5.74) is 11.4. The van der Waals surface area contributed by atoms with Crippen LogP contribution < -0.4 is 16.8 Å². The second-order valence-electron chi connectivity index (χ2n) is 4.34. The molecule has 0 rings (SSSR count). The molecule has 2 unspecified atom stereocenters. The standard InChI is InChI=1S/C10H25N7/c1-7(16(3)4)13-9(11)15-10(12)14-8(2)17(5)6/h7-8H,1-6H3,(H5,11,12,13,14,15). The van der Waals surface area contributed by atoms with E-state index >= 15 is 0 Å². The van der Waals surface area contributed by atoms with Gasteiger partial charge in [-0.2, -0.15) is 0 Å². The van der Waals surface area contributed by atoms with Gasteiger partial charge >= 0.3 is 0 Å². The molecule has 0 saturated heterocycles. The average Bonchev–Trinajstić information content (AvgIpc) is 2.16. The first-order valence-electron chi connectivity index (χ1n) is 5.50. The van der Waals surface area contributed by atoms with Crippen LogP contribution >= 0.6 is 0 Å². The lowest BCUT2D eigenvalue weighted by molar-refractivity contribution is 0.322. The molecule has 17 heavy (non-hydrogen) atoms. The topological polar surface area (TPSA) is 95.3 Å². The molecule has 0 aromatic carbocycles. The monoisotopic (exact) mass is 243 g/mol. The van der Waals surface area contributed by atoms with Crippen LogP contribution in [0.25, 0.3) is 0 Å². The van der Waals surface area contributed by atoms with Crippen LogP contribution in [0.1, 0.15) is 13.8 Å². The van der Waals surface area contributed by atoms with E-state index in [1.165, 1.54) is 0 Å². The van der Waals surface area contributed by atoms with Gasteiger partial charge in [-0.3, -0.25) is 15.1 Å². The summed E-state index contributed by atoms with van der Waals surface area (Å²) in [5.74, 6) is 0.525. The lowest BCUT2D eigenvalue weighted by Crippen LogP contribution is -2.44. The summed E-state index contributed by atoms with van der Waals surface area (Å²) < 4.78 is 0. The quantitative estimate of drug-likeness (QED) is 0.436. The predicted molar refractivity (Wildman–Crippen MR) is 72.7 cm³/mol. The van der Waals surface area contributed by atoms with E-state index in [0.29, 0.717) is 0 Å². The van der Waals surface area contributed by atoms with Gasteiger partial charge in [0.2, 0.25) is 0 Å². The molecule has 0 aliphatic carbocycles. The van der Waals surface area contributed by atoms with E-state index in [9.17, 15) is 0 Å². The Morgan fingerprint density at radius 2 is 1.18 bits per heavy atom. The number of hydrogen-bond acceptors (Lipinski definition) is 4. The fraction of sp³-hybridized carbons (Fsp3) is 0.800. The summed E-state index contributed by atoms with van der Waals surface area (Å²) in [6, 6.07) is 0. The lowest BCUT2D eigenvalue weighted by atomic mass is 10.5. The summed E-state index contributed by atoms with van der Waals surface area (Å²) >= 11 is 0. The molecule has 0 aromatic rings. The van der Waals surface area contributed by atoms with Crippen molar-refractivity contribution in [3.8, 4) is 0 Å². The van der Waals surface area contributed by atoms with Gasteiger partial charge in [-0.15, -0.1) is 0 Å². The van der Waals surface area contributed by atoms with Gasteiger partial charge in [0.05, 0.1) is 0 Å². The fourth-order valence-electron chi connectivity index (χ4n) is 0.829. The van der Waals surface area contributed by atoms with Crippen molar-refractivity contribution in [1.29, 1.82) is 0 Å². The van der Waals surface area contributed by atoms with Crippen molar-refractivity contribution >= 4 is 11.9 Å². The molecule has 2 atom stereocenters. The molecule has 0 amide bonds. The molecule has 0 bridgehead atoms. The van der Waals surface area contributed by atoms with Gasteiger partial charge in [0, 0.05) is 0 Å². The number of nitrogens with zero attached hydrogens (tertiary/aromatic N) is 4. The number of guanidine groups is 2. The van der Waals surface area contributed by atoms with Crippen molar-refractivity contribution in [1.82, 2.24) is 15.1 Å². The molecule has 0 spiro atoms. The Bertz CT molecular complexity index is 254. The average molecular weight is 243 g/mol. The number of nitrogens with two attached hydrogens (primary N) is 2. The van der Waals surface area contributed by atoms with Crippen molar-refractivity contribution in [2.24, 2.45) is 21.5 Å². The van der Waals surface area contributed by atoms with Crippen LogP contribution in [-0.4, -0.2) is 62.2 Å². The van der Waals surface area contributed by atoms with Crippen molar-refractivity contribution < 1.29 is 0 Å². The van der Waals surface area contributed by atoms with Crippen LogP contribution in [0, 0.1) is 0 Å². The number of aliphatic imine (C=N–C) groups is 2. The van der Waals surface area contributed by atoms with Crippen molar-refractivity contribution in [3.05, 3.63) is 0 Å². The number of rotatable bonds is 4. The highest BCUT2D eigenvalue weighted by Gasteiger charge is 2.05. The predicted octanol–water partition coefficient (Wildman–Crippen LogP) is -0.979. The highest BCUT2D eigenvalue weighted by molar-refractivity contribution is 5.97. The molecule has 0 aliphatic heterocycles. The van der Waals surface area contributed by atoms with Crippen LogP contribution in [0.5, 0.6) is 0 Å². The summed E-state index contributed by atoms with van der Waals surface area (Å²) in [7, 11) is 7.69. The minimum absolute atomic E-state index is 0.0124. The van der Waals surface area contributed by atoms with E-state index in [4.69, 9.17) is 11.5 Å². The fourth-order valence-corrected chi connectivity index (χ4v) is 0.829. The zero-order chi connectivity index (χ0) is 13.6. The van der Waals surface area contributed by atoms with E-state index in [1.807, 2.05) is 51.8 Å². The summed E-state index contributed by atoms with van der Waals surface area (Å²) in [6.45, 7) is 3.87. The van der Waals surface area contributed by atoms with Gasteiger partial charge in [-0.05, 0) is 42.0 Å². The van der Waals surface area contributed by atoms with E-state index < -0.39 is 0 Å². The third-order valence-electron chi connectivity index (χ3n) is 2.40. The number of nitrogens with one attached hydrogen (secondary N) is 1. The van der Waals surface area contributed by atoms with Gasteiger partial charge in [0.15, 0.2) is 11.9 Å². The second-order valence-corrected chi connectivity index (χ2v) is 4.34. The SMILES string of the molecule is CC(/N=C(/N)N/C(N)=N/C(C)N(C)C)N(C)C. The van der Waals surface area contributed by atoms with Crippen LogP contribution in [0.3, 0.4) is 0 Å². The third kappa shape index (κ3) is 6.75. The van der Waals surface area contributed by atoms with Gasteiger partial charge in [0.1, 0.15) is 12.3 Å². The molecular formula is C10H25N7. The van der Waals surface area contributed by atoms with Crippen molar-refractivity contribution in [2.45, 2.75) is 26.2 Å². The molecule has 0 heterocycles. The van der Waals surface area contributed by atoms with Gasteiger partial charge in [0.25, 0.3) is 0 Å². The Kier molecular flexibility index (Phi) is 6.52. The molecule has 0 saturated carbocycles. The van der Waals surface area contributed by atoms with E-state index in [0.717, 1.165) is 0 Å². The molecule has 0 aliphatic rings. The van der Waals surface area contributed by atoms with E-state index in [1.54, 1.807) is 0 Å². The van der Waals surface area contributed by atoms with E-state index in [-0.39, 0.29) is 24.3 Å². The zero-order valence-corrected chi connectivity index (χ0v) is 11.6. The maximum Gasteiger partial charge on any atom is 0.197 e. The lowest BCUT2D eigenvalue weighted by Gasteiger charge is -2.18. The maximum absolute atomic E-state index is 5.70. The first kappa shape index (κ1) is 15.7. The summed E-state index contributed by atoms with van der Waals surface area (Å²) in [6.07, 6.45) is -0.0249. The molecule has 0 aromatic heterocycles. The molecule has 0 fully saturated rings. The Hall–Kier alpha value is -1.34. The Labute approximate surface area is 104 Å². The van der Waals surface area contributed by atoms with Crippen LogP contribution in [0.4, 0.5) is 0 Å². The Balaban J connectivity index is 4.43. The largest absolute Gasteiger partial charge is 0.370 e. The minimum Gasteiger partial charge on any atom is -0.370 e. The third-order valence-corrected chi connectivity index (χ3v) is 2.40. The highest BCUT2D eigenvalue weighted by Crippen LogP contribution is 1.93. The van der Waals surface area contributed by atoms with Gasteiger partial charge in [-0.1, -0.05) is 0 Å². The van der Waals surface area contributed by atoms with Crippen LogP contribution in [0.15, 0.2) is 9.98 Å². The normalized spacial score (nSPS) is 17.4. The zero-order valence-electron chi connectivity index (χ0n) is 11.6.